The van der Waals surface area contributed by atoms with Crippen molar-refractivity contribution in [3.63, 3.8) is 0 Å². The average molecular weight is 316 g/mol. The van der Waals surface area contributed by atoms with E-state index >= 15 is 0 Å². The van der Waals surface area contributed by atoms with Crippen molar-refractivity contribution in [3.05, 3.63) is 48.0 Å². The van der Waals surface area contributed by atoms with E-state index in [0.29, 0.717) is 12.0 Å². The van der Waals surface area contributed by atoms with Crippen LogP contribution in [-0.2, 0) is 30.3 Å². The second-order valence-electron chi connectivity index (χ2n) is 5.96. The molecule has 0 amide bonds. The smallest absolute Gasteiger partial charge is 0.323 e. The second kappa shape index (κ2) is 6.36. The highest BCUT2D eigenvalue weighted by atomic mass is 16.5. The number of allylic oxidation sites excluding steroid dienone is 1. The zero-order valence-corrected chi connectivity index (χ0v) is 13.3. The highest BCUT2D eigenvalue weighted by molar-refractivity contribution is 6.02. The zero-order chi connectivity index (χ0) is 17.1. The van der Waals surface area contributed by atoms with Crippen LogP contribution >= 0.6 is 0 Å². The average Bonchev–Trinajstić information content (AvgIpc) is 2.88. The van der Waals surface area contributed by atoms with Gasteiger partial charge in [-0.3, -0.25) is 9.59 Å². The summed E-state index contributed by atoms with van der Waals surface area (Å²) in [6.07, 6.45) is 1.23. The van der Waals surface area contributed by atoms with E-state index in [0.717, 1.165) is 11.8 Å². The van der Waals surface area contributed by atoms with Crippen LogP contribution in [0, 0.1) is 10.8 Å². The van der Waals surface area contributed by atoms with E-state index in [1.54, 1.807) is 0 Å². The van der Waals surface area contributed by atoms with Crippen molar-refractivity contribution in [2.75, 3.05) is 14.2 Å². The lowest BCUT2D eigenvalue weighted by molar-refractivity contribution is -0.169. The van der Waals surface area contributed by atoms with Gasteiger partial charge in [0.05, 0.1) is 19.6 Å². The van der Waals surface area contributed by atoms with Crippen molar-refractivity contribution >= 4 is 18.2 Å². The molecule has 0 spiro atoms. The maximum absolute atomic E-state index is 12.3. The number of methoxy groups -OCH3 is 2. The second-order valence-corrected chi connectivity index (χ2v) is 5.96. The summed E-state index contributed by atoms with van der Waals surface area (Å²) in [5.41, 5.74) is -1.00. The fourth-order valence-corrected chi connectivity index (χ4v) is 3.34. The summed E-state index contributed by atoms with van der Waals surface area (Å²) in [6, 6.07) is 9.43. The molecule has 5 heteroatoms. The van der Waals surface area contributed by atoms with Crippen molar-refractivity contribution < 1.29 is 23.9 Å². The molecule has 2 rings (SSSR count). The summed E-state index contributed by atoms with van der Waals surface area (Å²) in [5.74, 6) is -1.38. The summed E-state index contributed by atoms with van der Waals surface area (Å²) in [4.78, 5) is 36.4. The number of hydrogen-bond donors (Lipinski definition) is 0. The van der Waals surface area contributed by atoms with Gasteiger partial charge in [0, 0.05) is 0 Å². The minimum Gasteiger partial charge on any atom is -0.468 e. The first-order valence-corrected chi connectivity index (χ1v) is 7.29. The van der Waals surface area contributed by atoms with Gasteiger partial charge in [-0.2, -0.15) is 0 Å². The normalized spacial score (nSPS) is 22.4. The van der Waals surface area contributed by atoms with Gasteiger partial charge in [0.2, 0.25) is 0 Å². The largest absolute Gasteiger partial charge is 0.468 e. The topological polar surface area (TPSA) is 69.7 Å². The minimum absolute atomic E-state index is 0.0105. The highest BCUT2D eigenvalue weighted by Crippen LogP contribution is 2.54. The predicted molar refractivity (Wildman–Crippen MR) is 83.5 cm³/mol. The molecule has 0 aromatic heterocycles. The van der Waals surface area contributed by atoms with Crippen LogP contribution in [0.3, 0.4) is 0 Å². The van der Waals surface area contributed by atoms with E-state index in [2.05, 4.69) is 6.58 Å². The fourth-order valence-electron chi connectivity index (χ4n) is 3.34. The maximum atomic E-state index is 12.3. The van der Waals surface area contributed by atoms with Gasteiger partial charge >= 0.3 is 11.9 Å². The van der Waals surface area contributed by atoms with Gasteiger partial charge in [-0.05, 0) is 24.8 Å². The standard InChI is InChI=1S/C18H20O5/c1-13-9-18(15(20)22-2,16(21)23-3)11-17(13,12-19)10-14-7-5-4-6-8-14/h4-8,12H,1,9-11H2,2-3H3. The van der Waals surface area contributed by atoms with Crippen molar-refractivity contribution in [1.29, 1.82) is 0 Å². The number of benzene rings is 1. The van der Waals surface area contributed by atoms with E-state index in [1.165, 1.54) is 14.2 Å². The molecule has 1 unspecified atom stereocenters. The number of carbonyl (C=O) groups is 3. The molecule has 1 aliphatic carbocycles. The van der Waals surface area contributed by atoms with Gasteiger partial charge in [0.1, 0.15) is 6.29 Å². The quantitative estimate of drug-likeness (QED) is 0.360. The zero-order valence-electron chi connectivity index (χ0n) is 13.3. The molecule has 0 heterocycles. The lowest BCUT2D eigenvalue weighted by atomic mass is 9.75. The van der Waals surface area contributed by atoms with Crippen molar-refractivity contribution in [2.24, 2.45) is 10.8 Å². The van der Waals surface area contributed by atoms with Crippen LogP contribution in [0.5, 0.6) is 0 Å². The minimum atomic E-state index is -1.50. The number of aldehydes is 1. The van der Waals surface area contributed by atoms with E-state index in [4.69, 9.17) is 9.47 Å². The molecule has 1 saturated carbocycles. The molecule has 0 bridgehead atoms. The number of rotatable bonds is 5. The molecule has 1 aliphatic rings. The van der Waals surface area contributed by atoms with Gasteiger partial charge in [-0.1, -0.05) is 42.5 Å². The predicted octanol–water partition coefficient (Wildman–Crippen LogP) is 2.10. The Labute approximate surface area is 135 Å². The molecule has 1 aromatic rings. The van der Waals surface area contributed by atoms with Crippen LogP contribution in [0.25, 0.3) is 0 Å². The van der Waals surface area contributed by atoms with Crippen LogP contribution in [-0.4, -0.2) is 32.4 Å². The molecule has 23 heavy (non-hydrogen) atoms. The molecular weight excluding hydrogens is 296 g/mol. The highest BCUT2D eigenvalue weighted by Gasteiger charge is 2.60. The molecule has 0 N–H and O–H groups in total. The van der Waals surface area contributed by atoms with Crippen LogP contribution in [0.1, 0.15) is 18.4 Å². The van der Waals surface area contributed by atoms with Crippen molar-refractivity contribution in [3.8, 4) is 0 Å². The molecule has 0 radical (unpaired) electrons. The van der Waals surface area contributed by atoms with Gasteiger partial charge in [0.25, 0.3) is 0 Å². The Kier molecular flexibility index (Phi) is 4.68. The molecule has 5 nitrogen and oxygen atoms in total. The Morgan fingerprint density at radius 1 is 1.17 bits per heavy atom. The summed E-state index contributed by atoms with van der Waals surface area (Å²) < 4.78 is 9.60. The third-order valence-electron chi connectivity index (χ3n) is 4.58. The van der Waals surface area contributed by atoms with Crippen molar-refractivity contribution in [2.45, 2.75) is 19.3 Å². The maximum Gasteiger partial charge on any atom is 0.323 e. The summed E-state index contributed by atoms with van der Waals surface area (Å²) in [5, 5.41) is 0. The van der Waals surface area contributed by atoms with Gasteiger partial charge in [0.15, 0.2) is 5.41 Å². The summed E-state index contributed by atoms with van der Waals surface area (Å²) >= 11 is 0. The molecule has 1 fully saturated rings. The Balaban J connectivity index is 2.43. The molecule has 1 atom stereocenters. The Bertz CT molecular complexity index is 618. The Morgan fingerprint density at radius 3 is 2.22 bits per heavy atom. The number of carbonyl (C=O) groups excluding carboxylic acids is 3. The number of ether oxygens (including phenoxy) is 2. The van der Waals surface area contributed by atoms with Crippen molar-refractivity contribution in [1.82, 2.24) is 0 Å². The van der Waals surface area contributed by atoms with Gasteiger partial charge < -0.3 is 14.3 Å². The van der Waals surface area contributed by atoms with Crippen LogP contribution in [0.4, 0.5) is 0 Å². The third-order valence-corrected chi connectivity index (χ3v) is 4.58. The summed E-state index contributed by atoms with van der Waals surface area (Å²) in [7, 11) is 2.43. The SMILES string of the molecule is C=C1CC(C(=O)OC)(C(=O)OC)CC1(C=O)Cc1ccccc1. The van der Waals surface area contributed by atoms with E-state index < -0.39 is 22.8 Å². The number of hydrogen-bond acceptors (Lipinski definition) is 5. The first-order chi connectivity index (χ1) is 10.9. The summed E-state index contributed by atoms with van der Waals surface area (Å²) in [6.45, 7) is 3.96. The fraction of sp³-hybridized carbons (Fsp3) is 0.389. The van der Waals surface area contributed by atoms with Crippen LogP contribution < -0.4 is 0 Å². The molecule has 0 aliphatic heterocycles. The van der Waals surface area contributed by atoms with E-state index in [1.807, 2.05) is 30.3 Å². The van der Waals surface area contributed by atoms with E-state index in [-0.39, 0.29) is 12.8 Å². The lowest BCUT2D eigenvalue weighted by Gasteiger charge is -2.27. The monoisotopic (exact) mass is 316 g/mol. The molecule has 0 saturated heterocycles. The third kappa shape index (κ3) is 2.79. The molecule has 1 aromatic carbocycles. The Morgan fingerprint density at radius 2 is 1.74 bits per heavy atom. The lowest BCUT2D eigenvalue weighted by Crippen LogP contribution is -2.40. The molecule has 122 valence electrons. The van der Waals surface area contributed by atoms with Crippen LogP contribution in [0.2, 0.25) is 0 Å². The van der Waals surface area contributed by atoms with Gasteiger partial charge in [-0.15, -0.1) is 0 Å². The van der Waals surface area contributed by atoms with E-state index in [9.17, 15) is 14.4 Å². The first kappa shape index (κ1) is 16.9. The van der Waals surface area contributed by atoms with Crippen LogP contribution in [0.15, 0.2) is 42.5 Å². The first-order valence-electron chi connectivity index (χ1n) is 7.29. The Hall–Kier alpha value is -2.43. The number of esters is 2. The van der Waals surface area contributed by atoms with Gasteiger partial charge in [-0.25, -0.2) is 0 Å². The molecular formula is C18H20O5.